The Morgan fingerprint density at radius 1 is 0.889 bits per heavy atom. The van der Waals surface area contributed by atoms with Gasteiger partial charge in [-0.25, -0.2) is 0 Å². The van der Waals surface area contributed by atoms with Gasteiger partial charge in [0.2, 0.25) is 0 Å². The minimum atomic E-state index is -1.88. The monoisotopic (exact) mass is 274 g/mol. The highest BCUT2D eigenvalue weighted by Crippen LogP contribution is 2.21. The fraction of sp³-hybridized carbons (Fsp3) is 1.00. The van der Waals surface area contributed by atoms with Gasteiger partial charge in [-0.05, 0) is 24.4 Å². The second-order valence-electron chi connectivity index (χ2n) is 5.35. The topological polar surface area (TPSA) is 18.5 Å². The van der Waals surface area contributed by atoms with E-state index in [1.165, 1.54) is 32.1 Å². The number of hydrogen-bond acceptors (Lipinski definition) is 2. The van der Waals surface area contributed by atoms with Gasteiger partial charge in [0.05, 0.1) is 0 Å². The number of hydrogen-bond donors (Lipinski definition) is 0. The standard InChI is InChI=1S/C15H34O2Si/c1-6-10-11-12-13-16-18(8-3,9-4)17-14-15(5)7-2/h15H,6-14H2,1-5H3. The summed E-state index contributed by atoms with van der Waals surface area (Å²) < 4.78 is 12.4. The highest BCUT2D eigenvalue weighted by atomic mass is 28.4. The average molecular weight is 275 g/mol. The molecule has 0 fully saturated rings. The lowest BCUT2D eigenvalue weighted by Gasteiger charge is -2.30. The van der Waals surface area contributed by atoms with Gasteiger partial charge in [-0.1, -0.05) is 60.3 Å². The van der Waals surface area contributed by atoms with Crippen LogP contribution in [0.2, 0.25) is 12.1 Å². The van der Waals surface area contributed by atoms with E-state index in [0.717, 1.165) is 25.3 Å². The molecule has 1 unspecified atom stereocenters. The molecule has 0 aromatic carbocycles. The van der Waals surface area contributed by atoms with Crippen molar-refractivity contribution in [1.29, 1.82) is 0 Å². The molecule has 0 spiro atoms. The summed E-state index contributed by atoms with van der Waals surface area (Å²) in [6.07, 6.45) is 6.28. The SMILES string of the molecule is CCCCCCO[Si](CC)(CC)OCC(C)CC. The van der Waals surface area contributed by atoms with Crippen molar-refractivity contribution >= 4 is 8.56 Å². The van der Waals surface area contributed by atoms with E-state index >= 15 is 0 Å². The summed E-state index contributed by atoms with van der Waals surface area (Å²) in [7, 11) is -1.88. The molecular weight excluding hydrogens is 240 g/mol. The second-order valence-corrected chi connectivity index (χ2v) is 9.16. The molecule has 0 aliphatic carbocycles. The summed E-state index contributed by atoms with van der Waals surface area (Å²) in [5, 5.41) is 0. The number of unbranched alkanes of at least 4 members (excludes halogenated alkanes) is 3. The molecule has 0 aromatic heterocycles. The molecule has 0 N–H and O–H groups in total. The van der Waals surface area contributed by atoms with Gasteiger partial charge in [0.25, 0.3) is 0 Å². The van der Waals surface area contributed by atoms with Crippen LogP contribution < -0.4 is 0 Å². The maximum absolute atomic E-state index is 6.20. The van der Waals surface area contributed by atoms with E-state index < -0.39 is 8.56 Å². The van der Waals surface area contributed by atoms with Gasteiger partial charge in [-0.2, -0.15) is 0 Å². The van der Waals surface area contributed by atoms with E-state index in [-0.39, 0.29) is 0 Å². The molecule has 18 heavy (non-hydrogen) atoms. The molecule has 0 heterocycles. The second kappa shape index (κ2) is 11.0. The van der Waals surface area contributed by atoms with Gasteiger partial charge < -0.3 is 8.85 Å². The average Bonchev–Trinajstić information content (AvgIpc) is 2.42. The maximum Gasteiger partial charge on any atom is 0.337 e. The largest absolute Gasteiger partial charge is 0.394 e. The smallest absolute Gasteiger partial charge is 0.337 e. The molecule has 3 heteroatoms. The molecular formula is C15H34O2Si. The normalized spacial score (nSPS) is 13.8. The molecule has 0 rings (SSSR count). The molecule has 0 aliphatic heterocycles. The first-order valence-corrected chi connectivity index (χ1v) is 10.1. The molecule has 2 nitrogen and oxygen atoms in total. The summed E-state index contributed by atoms with van der Waals surface area (Å²) in [6.45, 7) is 12.9. The van der Waals surface area contributed by atoms with E-state index in [1.54, 1.807) is 0 Å². The van der Waals surface area contributed by atoms with Gasteiger partial charge in [0.15, 0.2) is 0 Å². The van der Waals surface area contributed by atoms with Gasteiger partial charge in [-0.3, -0.25) is 0 Å². The zero-order valence-corrected chi connectivity index (χ0v) is 14.3. The van der Waals surface area contributed by atoms with Crippen molar-refractivity contribution in [1.82, 2.24) is 0 Å². The van der Waals surface area contributed by atoms with E-state index in [0.29, 0.717) is 5.92 Å². The molecule has 0 bridgehead atoms. The van der Waals surface area contributed by atoms with Crippen molar-refractivity contribution in [2.75, 3.05) is 13.2 Å². The Balaban J connectivity index is 4.00. The van der Waals surface area contributed by atoms with Crippen LogP contribution in [-0.4, -0.2) is 21.8 Å². The van der Waals surface area contributed by atoms with Crippen LogP contribution in [0, 0.1) is 5.92 Å². The molecule has 110 valence electrons. The summed E-state index contributed by atoms with van der Waals surface area (Å²) in [5.74, 6) is 0.652. The third-order valence-electron chi connectivity index (χ3n) is 3.77. The Labute approximate surface area is 116 Å². The Morgan fingerprint density at radius 2 is 1.56 bits per heavy atom. The van der Waals surface area contributed by atoms with Crippen LogP contribution >= 0.6 is 0 Å². The molecule has 0 amide bonds. The van der Waals surface area contributed by atoms with Crippen molar-refractivity contribution in [3.05, 3.63) is 0 Å². The predicted octanol–water partition coefficient (Wildman–Crippen LogP) is 5.13. The van der Waals surface area contributed by atoms with Crippen molar-refractivity contribution in [3.63, 3.8) is 0 Å². The highest BCUT2D eigenvalue weighted by Gasteiger charge is 2.33. The van der Waals surface area contributed by atoms with E-state index in [1.807, 2.05) is 0 Å². The van der Waals surface area contributed by atoms with Crippen molar-refractivity contribution in [2.24, 2.45) is 5.92 Å². The van der Waals surface area contributed by atoms with Gasteiger partial charge >= 0.3 is 8.56 Å². The van der Waals surface area contributed by atoms with Gasteiger partial charge in [-0.15, -0.1) is 0 Å². The first kappa shape index (κ1) is 18.1. The fourth-order valence-corrected chi connectivity index (χ4v) is 4.40. The van der Waals surface area contributed by atoms with Crippen LogP contribution in [-0.2, 0) is 8.85 Å². The summed E-state index contributed by atoms with van der Waals surface area (Å²) >= 11 is 0. The third-order valence-corrected chi connectivity index (χ3v) is 7.35. The minimum Gasteiger partial charge on any atom is -0.394 e. The van der Waals surface area contributed by atoms with Crippen molar-refractivity contribution < 1.29 is 8.85 Å². The van der Waals surface area contributed by atoms with Crippen LogP contribution in [0.15, 0.2) is 0 Å². The van der Waals surface area contributed by atoms with Crippen molar-refractivity contribution in [2.45, 2.75) is 78.8 Å². The van der Waals surface area contributed by atoms with Gasteiger partial charge in [0, 0.05) is 13.2 Å². The molecule has 0 saturated carbocycles. The summed E-state index contributed by atoms with van der Waals surface area (Å²) in [4.78, 5) is 0. The summed E-state index contributed by atoms with van der Waals surface area (Å²) in [6, 6.07) is 2.15. The van der Waals surface area contributed by atoms with Crippen LogP contribution in [0.4, 0.5) is 0 Å². The van der Waals surface area contributed by atoms with E-state index in [2.05, 4.69) is 34.6 Å². The summed E-state index contributed by atoms with van der Waals surface area (Å²) in [5.41, 5.74) is 0. The Hall–Kier alpha value is 0.137. The lowest BCUT2D eigenvalue weighted by Crippen LogP contribution is -2.42. The molecule has 0 aliphatic rings. The predicted molar refractivity (Wildman–Crippen MR) is 82.2 cm³/mol. The first-order valence-electron chi connectivity index (χ1n) is 7.91. The molecule has 0 saturated heterocycles. The van der Waals surface area contributed by atoms with Crippen molar-refractivity contribution in [3.8, 4) is 0 Å². The lowest BCUT2D eigenvalue weighted by atomic mass is 10.1. The maximum atomic E-state index is 6.20. The Morgan fingerprint density at radius 3 is 2.06 bits per heavy atom. The molecule has 0 aromatic rings. The van der Waals surface area contributed by atoms with Gasteiger partial charge in [0.1, 0.15) is 0 Å². The van der Waals surface area contributed by atoms with E-state index in [9.17, 15) is 0 Å². The van der Waals surface area contributed by atoms with Crippen LogP contribution in [0.5, 0.6) is 0 Å². The number of rotatable bonds is 12. The quantitative estimate of drug-likeness (QED) is 0.363. The Kier molecular flexibility index (Phi) is 11.1. The Bertz CT molecular complexity index is 181. The third kappa shape index (κ3) is 7.55. The minimum absolute atomic E-state index is 0.652. The highest BCUT2D eigenvalue weighted by molar-refractivity contribution is 6.67. The zero-order valence-electron chi connectivity index (χ0n) is 13.3. The van der Waals surface area contributed by atoms with Crippen LogP contribution in [0.3, 0.4) is 0 Å². The first-order chi connectivity index (χ1) is 8.64. The zero-order chi connectivity index (χ0) is 13.9. The fourth-order valence-electron chi connectivity index (χ4n) is 1.90. The van der Waals surface area contributed by atoms with E-state index in [4.69, 9.17) is 8.85 Å². The van der Waals surface area contributed by atoms with Crippen LogP contribution in [0.1, 0.15) is 66.7 Å². The van der Waals surface area contributed by atoms with Crippen LogP contribution in [0.25, 0.3) is 0 Å². The molecule has 1 atom stereocenters. The molecule has 0 radical (unpaired) electrons. The lowest BCUT2D eigenvalue weighted by molar-refractivity contribution is 0.145.